The summed E-state index contributed by atoms with van der Waals surface area (Å²) in [7, 11) is 2.10. The number of Topliss-reactive ketones (excluding diaryl/α,β-unsaturated/α-hetero) is 1. The summed E-state index contributed by atoms with van der Waals surface area (Å²) in [4.78, 5) is 14.0. The lowest BCUT2D eigenvalue weighted by atomic mass is 9.78. The van der Waals surface area contributed by atoms with Crippen molar-refractivity contribution in [3.05, 3.63) is 0 Å². The Morgan fingerprint density at radius 2 is 2.42 bits per heavy atom. The highest BCUT2D eigenvalue weighted by Gasteiger charge is 2.43. The van der Waals surface area contributed by atoms with Crippen LogP contribution < -0.4 is 5.32 Å². The number of hydrogen-bond acceptors (Lipinski definition) is 3. The van der Waals surface area contributed by atoms with Gasteiger partial charge >= 0.3 is 0 Å². The molecule has 0 aromatic heterocycles. The van der Waals surface area contributed by atoms with E-state index in [4.69, 9.17) is 0 Å². The Kier molecular flexibility index (Phi) is 1.93. The SMILES string of the molecule is CN1CCC(=O)C2(CCNC2)C1. The summed E-state index contributed by atoms with van der Waals surface area (Å²) >= 11 is 0. The van der Waals surface area contributed by atoms with Crippen LogP contribution in [-0.4, -0.2) is 43.9 Å². The number of ketones is 1. The maximum absolute atomic E-state index is 11.7. The number of likely N-dealkylation sites (tertiary alicyclic amines) is 1. The van der Waals surface area contributed by atoms with Gasteiger partial charge in [-0.1, -0.05) is 0 Å². The molecule has 68 valence electrons. The predicted octanol–water partition coefficient (Wildman–Crippen LogP) is -0.129. The van der Waals surface area contributed by atoms with Gasteiger partial charge in [-0.3, -0.25) is 4.79 Å². The van der Waals surface area contributed by atoms with Crippen LogP contribution in [0.25, 0.3) is 0 Å². The van der Waals surface area contributed by atoms with Gasteiger partial charge in [0.2, 0.25) is 0 Å². The second kappa shape index (κ2) is 2.82. The molecule has 3 heteroatoms. The normalized spacial score (nSPS) is 37.9. The molecule has 1 N–H and O–H groups in total. The Morgan fingerprint density at radius 3 is 3.08 bits per heavy atom. The first-order chi connectivity index (χ1) is 5.73. The zero-order valence-corrected chi connectivity index (χ0v) is 7.60. The molecular formula is C9H16N2O. The van der Waals surface area contributed by atoms with Gasteiger partial charge in [0.1, 0.15) is 5.78 Å². The quantitative estimate of drug-likeness (QED) is 0.547. The number of rotatable bonds is 0. The molecule has 0 bridgehead atoms. The van der Waals surface area contributed by atoms with E-state index >= 15 is 0 Å². The number of carbonyl (C=O) groups excluding carboxylic acids is 1. The van der Waals surface area contributed by atoms with E-state index in [1.165, 1.54) is 0 Å². The molecule has 1 unspecified atom stereocenters. The molecule has 2 aliphatic heterocycles. The number of nitrogens with zero attached hydrogens (tertiary/aromatic N) is 1. The van der Waals surface area contributed by atoms with Crippen LogP contribution in [0, 0.1) is 5.41 Å². The van der Waals surface area contributed by atoms with Gasteiger partial charge in [0.15, 0.2) is 0 Å². The molecule has 3 nitrogen and oxygen atoms in total. The van der Waals surface area contributed by atoms with Crippen LogP contribution in [0.4, 0.5) is 0 Å². The molecule has 1 atom stereocenters. The number of hydrogen-bond donors (Lipinski definition) is 1. The molecule has 12 heavy (non-hydrogen) atoms. The van der Waals surface area contributed by atoms with Crippen LogP contribution in [0.2, 0.25) is 0 Å². The standard InChI is InChI=1S/C9H16N2O/c1-11-5-2-8(12)9(7-11)3-4-10-6-9/h10H,2-7H2,1H3. The molecule has 0 saturated carbocycles. The summed E-state index contributed by atoms with van der Waals surface area (Å²) in [6.07, 6.45) is 1.79. The highest BCUT2D eigenvalue weighted by molar-refractivity contribution is 5.86. The van der Waals surface area contributed by atoms with Crippen molar-refractivity contribution in [2.75, 3.05) is 33.2 Å². The minimum atomic E-state index is -0.0208. The smallest absolute Gasteiger partial charge is 0.142 e. The third-order valence-electron chi connectivity index (χ3n) is 3.13. The van der Waals surface area contributed by atoms with Crippen molar-refractivity contribution in [3.8, 4) is 0 Å². The zero-order valence-electron chi connectivity index (χ0n) is 7.60. The fourth-order valence-electron chi connectivity index (χ4n) is 2.36. The van der Waals surface area contributed by atoms with E-state index in [9.17, 15) is 4.79 Å². The summed E-state index contributed by atoms with van der Waals surface area (Å²) < 4.78 is 0. The molecule has 0 aliphatic carbocycles. The molecule has 2 aliphatic rings. The largest absolute Gasteiger partial charge is 0.316 e. The van der Waals surface area contributed by atoms with Crippen LogP contribution in [-0.2, 0) is 4.79 Å². The van der Waals surface area contributed by atoms with Gasteiger partial charge in [-0.05, 0) is 20.0 Å². The minimum absolute atomic E-state index is 0.0208. The number of nitrogens with one attached hydrogen (secondary N) is 1. The maximum Gasteiger partial charge on any atom is 0.142 e. The summed E-state index contributed by atoms with van der Waals surface area (Å²) in [5, 5.41) is 3.29. The topological polar surface area (TPSA) is 32.3 Å². The molecule has 1 spiro atoms. The van der Waals surface area contributed by atoms with Crippen molar-refractivity contribution in [3.63, 3.8) is 0 Å². The summed E-state index contributed by atoms with van der Waals surface area (Å²) in [6, 6.07) is 0. The second-order valence-corrected chi connectivity index (χ2v) is 4.12. The molecule has 2 saturated heterocycles. The lowest BCUT2D eigenvalue weighted by molar-refractivity contribution is -0.132. The van der Waals surface area contributed by atoms with E-state index < -0.39 is 0 Å². The van der Waals surface area contributed by atoms with Crippen LogP contribution in [0.5, 0.6) is 0 Å². The monoisotopic (exact) mass is 168 g/mol. The van der Waals surface area contributed by atoms with Gasteiger partial charge in [-0.15, -0.1) is 0 Å². The third kappa shape index (κ3) is 1.17. The van der Waals surface area contributed by atoms with Crippen LogP contribution in [0.15, 0.2) is 0 Å². The minimum Gasteiger partial charge on any atom is -0.316 e. The van der Waals surface area contributed by atoms with Crippen molar-refractivity contribution < 1.29 is 4.79 Å². The van der Waals surface area contributed by atoms with E-state index in [-0.39, 0.29) is 5.41 Å². The molecule has 0 aromatic carbocycles. The molecule has 0 aromatic rings. The summed E-state index contributed by atoms with van der Waals surface area (Å²) in [6.45, 7) is 3.81. The predicted molar refractivity (Wildman–Crippen MR) is 47.0 cm³/mol. The Labute approximate surface area is 73.1 Å². The van der Waals surface area contributed by atoms with Crippen molar-refractivity contribution in [1.82, 2.24) is 10.2 Å². The first kappa shape index (κ1) is 8.20. The Morgan fingerprint density at radius 1 is 1.58 bits per heavy atom. The fraction of sp³-hybridized carbons (Fsp3) is 0.889. The summed E-state index contributed by atoms with van der Waals surface area (Å²) in [5.41, 5.74) is -0.0208. The van der Waals surface area contributed by atoms with Crippen molar-refractivity contribution in [1.29, 1.82) is 0 Å². The van der Waals surface area contributed by atoms with Crippen molar-refractivity contribution in [2.45, 2.75) is 12.8 Å². The van der Waals surface area contributed by atoms with Gasteiger partial charge in [-0.25, -0.2) is 0 Å². The van der Waals surface area contributed by atoms with Crippen molar-refractivity contribution in [2.24, 2.45) is 5.41 Å². The van der Waals surface area contributed by atoms with Crippen LogP contribution in [0.3, 0.4) is 0 Å². The molecule has 0 amide bonds. The first-order valence-corrected chi connectivity index (χ1v) is 4.66. The first-order valence-electron chi connectivity index (χ1n) is 4.66. The van der Waals surface area contributed by atoms with E-state index in [0.717, 1.165) is 39.0 Å². The van der Waals surface area contributed by atoms with Crippen LogP contribution in [0.1, 0.15) is 12.8 Å². The third-order valence-corrected chi connectivity index (χ3v) is 3.13. The fourth-order valence-corrected chi connectivity index (χ4v) is 2.36. The van der Waals surface area contributed by atoms with Crippen molar-refractivity contribution >= 4 is 5.78 Å². The van der Waals surface area contributed by atoms with Gasteiger partial charge in [0, 0.05) is 26.1 Å². The Bertz CT molecular complexity index is 197. The Balaban J connectivity index is 2.14. The molecule has 2 fully saturated rings. The average molecular weight is 168 g/mol. The van der Waals surface area contributed by atoms with E-state index in [1.54, 1.807) is 0 Å². The van der Waals surface area contributed by atoms with E-state index in [0.29, 0.717) is 5.78 Å². The zero-order chi connectivity index (χ0) is 8.60. The van der Waals surface area contributed by atoms with Gasteiger partial charge in [-0.2, -0.15) is 0 Å². The molecule has 0 radical (unpaired) electrons. The second-order valence-electron chi connectivity index (χ2n) is 4.12. The van der Waals surface area contributed by atoms with E-state index in [1.807, 2.05) is 0 Å². The number of piperidine rings is 1. The van der Waals surface area contributed by atoms with E-state index in [2.05, 4.69) is 17.3 Å². The maximum atomic E-state index is 11.7. The summed E-state index contributed by atoms with van der Waals surface area (Å²) in [5.74, 6) is 0.477. The Hall–Kier alpha value is -0.410. The highest BCUT2D eigenvalue weighted by atomic mass is 16.1. The van der Waals surface area contributed by atoms with Crippen LogP contribution >= 0.6 is 0 Å². The van der Waals surface area contributed by atoms with Gasteiger partial charge < -0.3 is 10.2 Å². The van der Waals surface area contributed by atoms with Gasteiger partial charge in [0.05, 0.1) is 5.41 Å². The lowest BCUT2D eigenvalue weighted by Gasteiger charge is -2.36. The number of carbonyl (C=O) groups is 1. The molecule has 2 rings (SSSR count). The molecule has 2 heterocycles. The lowest BCUT2D eigenvalue weighted by Crippen LogP contribution is -2.49. The molecular weight excluding hydrogens is 152 g/mol. The highest BCUT2D eigenvalue weighted by Crippen LogP contribution is 2.31. The van der Waals surface area contributed by atoms with Gasteiger partial charge in [0.25, 0.3) is 0 Å². The average Bonchev–Trinajstić information content (AvgIpc) is 2.48.